The Hall–Kier alpha value is -1.00. The third kappa shape index (κ3) is 1.83. The van der Waals surface area contributed by atoms with Gasteiger partial charge in [-0.2, -0.15) is 0 Å². The third-order valence-electron chi connectivity index (χ3n) is 2.43. The number of nitrogens with one attached hydrogen (secondary N) is 1. The van der Waals surface area contributed by atoms with Gasteiger partial charge in [0.05, 0.1) is 17.1 Å². The minimum absolute atomic E-state index is 0.0392. The number of aliphatic hydroxyl groups is 1. The third-order valence-corrected chi connectivity index (χ3v) is 3.19. The van der Waals surface area contributed by atoms with Gasteiger partial charge >= 0.3 is 0 Å². The molecular formula is C11H9BrClNO2. The molecule has 2 rings (SSSR count). The predicted molar refractivity (Wildman–Crippen MR) is 66.4 cm³/mol. The largest absolute Gasteiger partial charge is 0.510 e. The Bertz CT molecular complexity index is 488. The van der Waals surface area contributed by atoms with Crippen LogP contribution in [0.25, 0.3) is 5.57 Å². The van der Waals surface area contributed by atoms with Gasteiger partial charge < -0.3 is 10.4 Å². The van der Waals surface area contributed by atoms with Crippen molar-refractivity contribution in [3.63, 3.8) is 0 Å². The molecule has 1 amide bonds. The summed E-state index contributed by atoms with van der Waals surface area (Å²) in [5.74, 6) is -0.248. The number of halogens is 2. The molecule has 1 aromatic carbocycles. The highest BCUT2D eigenvalue weighted by Gasteiger charge is 2.26. The van der Waals surface area contributed by atoms with Gasteiger partial charge in [-0.3, -0.25) is 4.79 Å². The second kappa shape index (κ2) is 4.11. The van der Waals surface area contributed by atoms with E-state index in [1.54, 1.807) is 6.07 Å². The number of carbonyl (C=O) groups excluding carboxylic acids is 1. The van der Waals surface area contributed by atoms with Crippen molar-refractivity contribution in [2.45, 2.75) is 6.92 Å². The molecule has 0 aliphatic carbocycles. The fourth-order valence-electron chi connectivity index (χ4n) is 1.75. The minimum Gasteiger partial charge on any atom is -0.510 e. The van der Waals surface area contributed by atoms with E-state index >= 15 is 0 Å². The van der Waals surface area contributed by atoms with Crippen LogP contribution in [0.4, 0.5) is 0 Å². The van der Waals surface area contributed by atoms with E-state index in [4.69, 9.17) is 11.6 Å². The van der Waals surface area contributed by atoms with Crippen LogP contribution in [0.1, 0.15) is 11.1 Å². The molecule has 2 N–H and O–H groups in total. The van der Waals surface area contributed by atoms with E-state index in [1.807, 2.05) is 13.0 Å². The molecule has 0 bridgehead atoms. The summed E-state index contributed by atoms with van der Waals surface area (Å²) < 4.78 is 0.845. The van der Waals surface area contributed by atoms with Crippen LogP contribution in [-0.4, -0.2) is 17.6 Å². The number of aryl methyl sites for hydroxylation is 1. The summed E-state index contributed by atoms with van der Waals surface area (Å²) in [6, 6.07) is 3.56. The predicted octanol–water partition coefficient (Wildman–Crippen LogP) is 2.81. The molecule has 1 aromatic rings. The molecule has 0 unspecified atom stereocenters. The monoisotopic (exact) mass is 301 g/mol. The van der Waals surface area contributed by atoms with E-state index in [0.717, 1.165) is 10.0 Å². The first-order chi connectivity index (χ1) is 7.50. The van der Waals surface area contributed by atoms with Crippen molar-refractivity contribution in [2.75, 3.05) is 6.54 Å². The first-order valence-electron chi connectivity index (χ1n) is 4.67. The lowest BCUT2D eigenvalue weighted by Gasteiger charge is -2.09. The first-order valence-corrected chi connectivity index (χ1v) is 5.84. The summed E-state index contributed by atoms with van der Waals surface area (Å²) in [4.78, 5) is 11.6. The van der Waals surface area contributed by atoms with Gasteiger partial charge in [-0.25, -0.2) is 0 Å². The molecule has 1 aliphatic heterocycles. The Morgan fingerprint density at radius 2 is 2.19 bits per heavy atom. The number of amides is 1. The maximum atomic E-state index is 11.6. The highest BCUT2D eigenvalue weighted by Crippen LogP contribution is 2.33. The van der Waals surface area contributed by atoms with E-state index < -0.39 is 0 Å². The zero-order valence-corrected chi connectivity index (χ0v) is 10.8. The zero-order chi connectivity index (χ0) is 11.9. The number of benzene rings is 1. The fourth-order valence-corrected chi connectivity index (χ4v) is 2.81. The molecule has 1 heterocycles. The second-order valence-corrected chi connectivity index (χ2v) is 4.91. The maximum Gasteiger partial charge on any atom is 0.255 e. The SMILES string of the molecule is Cc1cc(Br)cc(Cl)c1C1=C(O)CNC1=O. The van der Waals surface area contributed by atoms with Gasteiger partial charge in [0.2, 0.25) is 0 Å². The summed E-state index contributed by atoms with van der Waals surface area (Å²) in [7, 11) is 0. The number of hydrogen-bond donors (Lipinski definition) is 2. The Balaban J connectivity index is 2.65. The van der Waals surface area contributed by atoms with Crippen LogP contribution < -0.4 is 5.32 Å². The molecule has 0 atom stereocenters. The average molecular weight is 303 g/mol. The molecule has 3 nitrogen and oxygen atoms in total. The Morgan fingerprint density at radius 3 is 2.69 bits per heavy atom. The van der Waals surface area contributed by atoms with Crippen LogP contribution in [0.5, 0.6) is 0 Å². The van der Waals surface area contributed by atoms with E-state index in [-0.39, 0.29) is 23.8 Å². The molecule has 0 saturated heterocycles. The van der Waals surface area contributed by atoms with E-state index in [9.17, 15) is 9.90 Å². The van der Waals surface area contributed by atoms with Gasteiger partial charge in [-0.05, 0) is 24.6 Å². The summed E-state index contributed by atoms with van der Waals surface area (Å²) in [5, 5.41) is 12.7. The molecule has 0 saturated carbocycles. The van der Waals surface area contributed by atoms with Gasteiger partial charge in [0.1, 0.15) is 5.76 Å². The number of hydrogen-bond acceptors (Lipinski definition) is 2. The lowest BCUT2D eigenvalue weighted by atomic mass is 10.0. The van der Waals surface area contributed by atoms with Crippen molar-refractivity contribution >= 4 is 39.0 Å². The highest BCUT2D eigenvalue weighted by atomic mass is 79.9. The maximum absolute atomic E-state index is 11.6. The van der Waals surface area contributed by atoms with Gasteiger partial charge in [0, 0.05) is 10.0 Å². The molecule has 84 valence electrons. The van der Waals surface area contributed by atoms with Crippen molar-refractivity contribution in [1.82, 2.24) is 5.32 Å². The van der Waals surface area contributed by atoms with Crippen molar-refractivity contribution in [3.8, 4) is 0 Å². The molecule has 0 aromatic heterocycles. The molecule has 0 spiro atoms. The summed E-state index contributed by atoms with van der Waals surface area (Å²) in [6.45, 7) is 2.01. The van der Waals surface area contributed by atoms with E-state index in [0.29, 0.717) is 10.6 Å². The standard InChI is InChI=1S/C11H9BrClNO2/c1-5-2-6(12)3-7(13)9(5)10-8(15)4-14-11(10)16/h2-3,15H,4H2,1H3,(H,14,16). The van der Waals surface area contributed by atoms with Crippen molar-refractivity contribution < 1.29 is 9.90 Å². The van der Waals surface area contributed by atoms with Crippen LogP contribution in [0, 0.1) is 6.92 Å². The van der Waals surface area contributed by atoms with Crippen LogP contribution in [-0.2, 0) is 4.79 Å². The molecule has 0 fully saturated rings. The fraction of sp³-hybridized carbons (Fsp3) is 0.182. The van der Waals surface area contributed by atoms with E-state index in [2.05, 4.69) is 21.2 Å². The van der Waals surface area contributed by atoms with Gasteiger partial charge in [0.25, 0.3) is 5.91 Å². The van der Waals surface area contributed by atoms with Crippen molar-refractivity contribution in [3.05, 3.63) is 38.5 Å². The van der Waals surface area contributed by atoms with Gasteiger partial charge in [-0.1, -0.05) is 27.5 Å². The van der Waals surface area contributed by atoms with Crippen LogP contribution >= 0.6 is 27.5 Å². The van der Waals surface area contributed by atoms with E-state index in [1.165, 1.54) is 0 Å². The Labute approximate surface area is 106 Å². The quantitative estimate of drug-likeness (QED) is 0.838. The van der Waals surface area contributed by atoms with Crippen LogP contribution in [0.3, 0.4) is 0 Å². The second-order valence-electron chi connectivity index (χ2n) is 3.58. The molecule has 1 aliphatic rings. The Kier molecular flexibility index (Phi) is 2.95. The highest BCUT2D eigenvalue weighted by molar-refractivity contribution is 9.10. The molecule has 0 radical (unpaired) electrons. The van der Waals surface area contributed by atoms with Crippen molar-refractivity contribution in [2.24, 2.45) is 0 Å². The average Bonchev–Trinajstić information content (AvgIpc) is 2.47. The van der Waals surface area contributed by atoms with Crippen molar-refractivity contribution in [1.29, 1.82) is 0 Å². The molecular weight excluding hydrogens is 293 g/mol. The number of rotatable bonds is 1. The first kappa shape index (κ1) is 11.5. The Morgan fingerprint density at radius 1 is 1.50 bits per heavy atom. The molecule has 5 heteroatoms. The summed E-state index contributed by atoms with van der Waals surface area (Å²) in [5.41, 5.74) is 1.71. The van der Waals surface area contributed by atoms with Gasteiger partial charge in [-0.15, -0.1) is 0 Å². The minimum atomic E-state index is -0.287. The lowest BCUT2D eigenvalue weighted by molar-refractivity contribution is -0.114. The van der Waals surface area contributed by atoms with Gasteiger partial charge in [0.15, 0.2) is 0 Å². The molecule has 16 heavy (non-hydrogen) atoms. The van der Waals surface area contributed by atoms with Crippen LogP contribution in [0.2, 0.25) is 5.02 Å². The van der Waals surface area contributed by atoms with Crippen LogP contribution in [0.15, 0.2) is 22.4 Å². The lowest BCUT2D eigenvalue weighted by Crippen LogP contribution is -2.17. The smallest absolute Gasteiger partial charge is 0.255 e. The zero-order valence-electron chi connectivity index (χ0n) is 8.47. The number of carbonyl (C=O) groups is 1. The summed E-state index contributed by atoms with van der Waals surface area (Å²) >= 11 is 9.41. The number of aliphatic hydroxyl groups excluding tert-OH is 1. The summed E-state index contributed by atoms with van der Waals surface area (Å²) in [6.07, 6.45) is 0. The topological polar surface area (TPSA) is 49.3 Å². The normalized spacial score (nSPS) is 15.6.